The summed E-state index contributed by atoms with van der Waals surface area (Å²) >= 11 is 0. The van der Waals surface area contributed by atoms with E-state index in [0.29, 0.717) is 0 Å². The van der Waals surface area contributed by atoms with E-state index in [0.717, 1.165) is 6.04 Å². The summed E-state index contributed by atoms with van der Waals surface area (Å²) in [5.74, 6) is 0. The molecule has 3 aliphatic rings. The number of piperidine rings is 1. The number of nitrogens with zero attached hydrogens (tertiary/aromatic N) is 1. The predicted octanol–water partition coefficient (Wildman–Crippen LogP) is 3.28. The maximum atomic E-state index is 2.75. The normalized spacial score (nSPS) is 32.1. The lowest BCUT2D eigenvalue weighted by molar-refractivity contribution is 0.182. The number of rotatable bonds is 1. The summed E-state index contributed by atoms with van der Waals surface area (Å²) in [6.07, 6.45) is 14.3. The van der Waals surface area contributed by atoms with E-state index < -0.39 is 0 Å². The highest BCUT2D eigenvalue weighted by molar-refractivity contribution is 5.32. The first kappa shape index (κ1) is 9.65. The van der Waals surface area contributed by atoms with Crippen LogP contribution < -0.4 is 0 Å². The highest BCUT2D eigenvalue weighted by Gasteiger charge is 2.30. The molecule has 3 rings (SSSR count). The van der Waals surface area contributed by atoms with Gasteiger partial charge in [0, 0.05) is 6.04 Å². The molecule has 0 aromatic heterocycles. The smallest absolute Gasteiger partial charge is 0.0316 e. The van der Waals surface area contributed by atoms with Crippen LogP contribution in [0, 0.1) is 0 Å². The van der Waals surface area contributed by atoms with Crippen LogP contribution in [-0.4, -0.2) is 24.0 Å². The molecule has 0 aromatic carbocycles. The van der Waals surface area contributed by atoms with E-state index in [1.165, 1.54) is 58.0 Å². The van der Waals surface area contributed by atoms with E-state index in [1.807, 2.05) is 0 Å². The van der Waals surface area contributed by atoms with E-state index in [2.05, 4.69) is 17.1 Å². The predicted molar refractivity (Wildman–Crippen MR) is 63.8 cm³/mol. The summed E-state index contributed by atoms with van der Waals surface area (Å²) < 4.78 is 0. The molecule has 0 aromatic rings. The minimum atomic E-state index is 0.824. The van der Waals surface area contributed by atoms with Gasteiger partial charge in [0.25, 0.3) is 0 Å². The van der Waals surface area contributed by atoms with Crippen molar-refractivity contribution >= 4 is 0 Å². The van der Waals surface area contributed by atoms with Gasteiger partial charge in [-0.2, -0.15) is 0 Å². The standard InChI is InChI=1S/C14H21N/c1-4-10-15(11-5-1)14-9-8-12-6-2-3-7-13(12)14/h2-3,14H,1,4-11H2. The number of hydrogen-bond donors (Lipinski definition) is 0. The quantitative estimate of drug-likeness (QED) is 0.591. The third-order valence-electron chi connectivity index (χ3n) is 4.28. The zero-order valence-corrected chi connectivity index (χ0v) is 9.54. The van der Waals surface area contributed by atoms with Gasteiger partial charge in [0.1, 0.15) is 0 Å². The molecule has 1 heteroatoms. The van der Waals surface area contributed by atoms with Gasteiger partial charge in [-0.15, -0.1) is 0 Å². The lowest BCUT2D eigenvalue weighted by Crippen LogP contribution is -2.39. The summed E-state index contributed by atoms with van der Waals surface area (Å²) in [5.41, 5.74) is 3.56. The van der Waals surface area contributed by atoms with E-state index in [1.54, 1.807) is 11.1 Å². The molecule has 0 N–H and O–H groups in total. The summed E-state index contributed by atoms with van der Waals surface area (Å²) in [7, 11) is 0. The molecule has 0 radical (unpaired) electrons. The van der Waals surface area contributed by atoms with Gasteiger partial charge in [-0.25, -0.2) is 0 Å². The monoisotopic (exact) mass is 203 g/mol. The van der Waals surface area contributed by atoms with Crippen LogP contribution in [0.4, 0.5) is 0 Å². The Labute approximate surface area is 92.8 Å². The fourth-order valence-corrected chi connectivity index (χ4v) is 3.46. The van der Waals surface area contributed by atoms with E-state index in [4.69, 9.17) is 0 Å². The van der Waals surface area contributed by atoms with Crippen molar-refractivity contribution < 1.29 is 0 Å². The molecule has 1 unspecified atom stereocenters. The Morgan fingerprint density at radius 1 is 1.00 bits per heavy atom. The summed E-state index contributed by atoms with van der Waals surface area (Å²) in [6, 6.07) is 0.824. The lowest BCUT2D eigenvalue weighted by Gasteiger charge is -2.34. The molecule has 2 aliphatic carbocycles. The second-order valence-electron chi connectivity index (χ2n) is 5.16. The summed E-state index contributed by atoms with van der Waals surface area (Å²) in [4.78, 5) is 2.75. The van der Waals surface area contributed by atoms with Crippen molar-refractivity contribution in [3.8, 4) is 0 Å². The Balaban J connectivity index is 1.74. The molecule has 1 heterocycles. The van der Waals surface area contributed by atoms with Crippen molar-refractivity contribution in [2.75, 3.05) is 13.1 Å². The van der Waals surface area contributed by atoms with Crippen LogP contribution in [0.3, 0.4) is 0 Å². The second kappa shape index (κ2) is 4.13. The first-order chi connectivity index (χ1) is 7.45. The molecule has 0 amide bonds. The van der Waals surface area contributed by atoms with Gasteiger partial charge in [0.05, 0.1) is 0 Å². The first-order valence-electron chi connectivity index (χ1n) is 6.55. The van der Waals surface area contributed by atoms with E-state index in [9.17, 15) is 0 Å². The molecular formula is C14H21N. The van der Waals surface area contributed by atoms with E-state index in [-0.39, 0.29) is 0 Å². The molecule has 82 valence electrons. The summed E-state index contributed by atoms with van der Waals surface area (Å²) in [5, 5.41) is 0. The number of likely N-dealkylation sites (tertiary alicyclic amines) is 1. The molecule has 1 atom stereocenters. The fourth-order valence-electron chi connectivity index (χ4n) is 3.46. The van der Waals surface area contributed by atoms with Crippen LogP contribution in [0.25, 0.3) is 0 Å². The average Bonchev–Trinajstić information content (AvgIpc) is 2.74. The Hall–Kier alpha value is -0.560. The molecule has 0 saturated carbocycles. The zero-order chi connectivity index (χ0) is 10.1. The third-order valence-corrected chi connectivity index (χ3v) is 4.28. The largest absolute Gasteiger partial charge is 0.297 e. The van der Waals surface area contributed by atoms with Gasteiger partial charge >= 0.3 is 0 Å². The molecule has 1 aliphatic heterocycles. The molecule has 0 spiro atoms. The minimum Gasteiger partial charge on any atom is -0.297 e. The highest BCUT2D eigenvalue weighted by Crippen LogP contribution is 2.37. The molecule has 15 heavy (non-hydrogen) atoms. The van der Waals surface area contributed by atoms with Crippen LogP contribution >= 0.6 is 0 Å². The van der Waals surface area contributed by atoms with Crippen LogP contribution in [-0.2, 0) is 0 Å². The average molecular weight is 203 g/mol. The van der Waals surface area contributed by atoms with Crippen molar-refractivity contribution in [2.45, 2.75) is 51.0 Å². The van der Waals surface area contributed by atoms with Gasteiger partial charge in [-0.05, 0) is 57.2 Å². The van der Waals surface area contributed by atoms with Gasteiger partial charge in [0.2, 0.25) is 0 Å². The van der Waals surface area contributed by atoms with Crippen LogP contribution in [0.2, 0.25) is 0 Å². The van der Waals surface area contributed by atoms with Gasteiger partial charge in [-0.1, -0.05) is 24.1 Å². The number of hydrogen-bond acceptors (Lipinski definition) is 1. The third kappa shape index (κ3) is 1.78. The van der Waals surface area contributed by atoms with Crippen LogP contribution in [0.5, 0.6) is 0 Å². The number of allylic oxidation sites excluding steroid dienone is 3. The van der Waals surface area contributed by atoms with Gasteiger partial charge < -0.3 is 0 Å². The fraction of sp³-hybridized carbons (Fsp3) is 0.714. The van der Waals surface area contributed by atoms with Crippen molar-refractivity contribution in [2.24, 2.45) is 0 Å². The first-order valence-corrected chi connectivity index (χ1v) is 6.55. The Morgan fingerprint density at radius 3 is 2.67 bits per heavy atom. The molecule has 1 saturated heterocycles. The maximum Gasteiger partial charge on any atom is 0.0316 e. The lowest BCUT2D eigenvalue weighted by atomic mass is 9.96. The zero-order valence-electron chi connectivity index (χ0n) is 9.54. The molecule has 1 fully saturated rings. The Bertz CT molecular complexity index is 294. The van der Waals surface area contributed by atoms with E-state index >= 15 is 0 Å². The van der Waals surface area contributed by atoms with Crippen molar-refractivity contribution in [3.05, 3.63) is 23.3 Å². The van der Waals surface area contributed by atoms with Gasteiger partial charge in [0.15, 0.2) is 0 Å². The maximum absolute atomic E-state index is 2.75. The molecule has 0 bridgehead atoms. The topological polar surface area (TPSA) is 3.24 Å². The van der Waals surface area contributed by atoms with Crippen LogP contribution in [0.15, 0.2) is 23.3 Å². The van der Waals surface area contributed by atoms with Crippen molar-refractivity contribution in [1.82, 2.24) is 4.90 Å². The Kier molecular flexibility index (Phi) is 2.66. The Morgan fingerprint density at radius 2 is 1.80 bits per heavy atom. The second-order valence-corrected chi connectivity index (χ2v) is 5.16. The summed E-state index contributed by atoms with van der Waals surface area (Å²) in [6.45, 7) is 2.70. The SMILES string of the molecule is C1=CCC2=C(C1)CCC2N1CCCCC1. The molecular weight excluding hydrogens is 182 g/mol. The minimum absolute atomic E-state index is 0.824. The highest BCUT2D eigenvalue weighted by atomic mass is 15.2. The van der Waals surface area contributed by atoms with Crippen molar-refractivity contribution in [3.63, 3.8) is 0 Å². The van der Waals surface area contributed by atoms with Gasteiger partial charge in [-0.3, -0.25) is 4.90 Å². The van der Waals surface area contributed by atoms with Crippen molar-refractivity contribution in [1.29, 1.82) is 0 Å². The van der Waals surface area contributed by atoms with Crippen LogP contribution in [0.1, 0.15) is 44.9 Å². The molecule has 1 nitrogen and oxygen atoms in total.